The molecular formula is C15H25N3O4. The normalized spacial score (nSPS) is 14.6. The molecule has 0 aromatic heterocycles. The van der Waals surface area contributed by atoms with Gasteiger partial charge in [-0.1, -0.05) is 27.7 Å². The molecule has 22 heavy (non-hydrogen) atoms. The van der Waals surface area contributed by atoms with E-state index in [1.54, 1.807) is 4.90 Å². The Balaban J connectivity index is 2.51. The van der Waals surface area contributed by atoms with Crippen LogP contribution in [0, 0.1) is 11.8 Å². The summed E-state index contributed by atoms with van der Waals surface area (Å²) in [5, 5.41) is 3.65. The average Bonchev–Trinajstić information content (AvgIpc) is 2.43. The Kier molecular flexibility index (Phi) is 7.01. The third-order valence-electron chi connectivity index (χ3n) is 2.99. The van der Waals surface area contributed by atoms with Gasteiger partial charge in [0.2, 0.25) is 5.91 Å². The summed E-state index contributed by atoms with van der Waals surface area (Å²) in [6, 6.07) is 0. The zero-order chi connectivity index (χ0) is 16.7. The number of carbonyl (C=O) groups is 3. The maximum Gasteiger partial charge on any atom is 0.355 e. The van der Waals surface area contributed by atoms with E-state index in [1.165, 1.54) is 0 Å². The number of rotatable bonds is 7. The van der Waals surface area contributed by atoms with Gasteiger partial charge in [0.15, 0.2) is 6.61 Å². The molecule has 0 aromatic carbocycles. The molecule has 1 aliphatic rings. The summed E-state index contributed by atoms with van der Waals surface area (Å²) in [5.41, 5.74) is 2.37. The number of carbonyl (C=O) groups excluding carboxylic acids is 3. The fraction of sp³-hybridized carbons (Fsp3) is 0.733. The van der Waals surface area contributed by atoms with Gasteiger partial charge < -0.3 is 9.64 Å². The Bertz CT molecular complexity index is 448. The molecule has 0 spiro atoms. The minimum absolute atomic E-state index is 0.145. The Morgan fingerprint density at radius 1 is 1.18 bits per heavy atom. The molecule has 0 unspecified atom stereocenters. The fourth-order valence-electron chi connectivity index (χ4n) is 2.08. The minimum atomic E-state index is -0.651. The van der Waals surface area contributed by atoms with E-state index in [9.17, 15) is 14.4 Å². The molecule has 0 aromatic rings. The number of nitrogens with zero attached hydrogens (tertiary/aromatic N) is 2. The first kappa shape index (κ1) is 18.1. The second kappa shape index (κ2) is 8.51. The van der Waals surface area contributed by atoms with Gasteiger partial charge in [0, 0.05) is 25.9 Å². The van der Waals surface area contributed by atoms with E-state index in [1.807, 2.05) is 27.7 Å². The van der Waals surface area contributed by atoms with Gasteiger partial charge in [-0.25, -0.2) is 10.2 Å². The number of esters is 1. The zero-order valence-electron chi connectivity index (χ0n) is 13.7. The van der Waals surface area contributed by atoms with Crippen LogP contribution in [-0.2, 0) is 19.1 Å². The molecule has 0 atom stereocenters. The van der Waals surface area contributed by atoms with E-state index in [4.69, 9.17) is 4.74 Å². The highest BCUT2D eigenvalue weighted by Gasteiger charge is 2.22. The van der Waals surface area contributed by atoms with Crippen LogP contribution in [0.5, 0.6) is 0 Å². The number of nitrogens with one attached hydrogen (secondary N) is 1. The first-order chi connectivity index (χ1) is 10.3. The van der Waals surface area contributed by atoms with Crippen molar-refractivity contribution in [1.82, 2.24) is 10.3 Å². The van der Waals surface area contributed by atoms with Crippen molar-refractivity contribution >= 4 is 23.5 Å². The van der Waals surface area contributed by atoms with Crippen molar-refractivity contribution in [2.75, 3.05) is 19.7 Å². The molecule has 0 aliphatic carbocycles. The second-order valence-electron chi connectivity index (χ2n) is 6.26. The molecule has 1 rings (SSSR count). The summed E-state index contributed by atoms with van der Waals surface area (Å²) < 4.78 is 5.01. The molecule has 0 radical (unpaired) electrons. The van der Waals surface area contributed by atoms with E-state index in [-0.39, 0.29) is 37.0 Å². The highest BCUT2D eigenvalue weighted by molar-refractivity contribution is 6.37. The van der Waals surface area contributed by atoms with Gasteiger partial charge >= 0.3 is 5.97 Å². The van der Waals surface area contributed by atoms with E-state index >= 15 is 0 Å². The van der Waals surface area contributed by atoms with Gasteiger partial charge in [-0.2, -0.15) is 5.10 Å². The number of hydrogen-bond acceptors (Lipinski definition) is 5. The van der Waals surface area contributed by atoms with Gasteiger partial charge in [-0.3, -0.25) is 9.59 Å². The lowest BCUT2D eigenvalue weighted by atomic mass is 10.1. The van der Waals surface area contributed by atoms with Crippen molar-refractivity contribution in [3.05, 3.63) is 0 Å². The van der Waals surface area contributed by atoms with Gasteiger partial charge in [-0.05, 0) is 11.8 Å². The van der Waals surface area contributed by atoms with Gasteiger partial charge in [0.25, 0.3) is 5.91 Å². The van der Waals surface area contributed by atoms with Crippen LogP contribution in [0.15, 0.2) is 5.10 Å². The van der Waals surface area contributed by atoms with Gasteiger partial charge in [0.1, 0.15) is 5.71 Å². The molecule has 124 valence electrons. The highest BCUT2D eigenvalue weighted by Crippen LogP contribution is 2.06. The Morgan fingerprint density at radius 3 is 2.23 bits per heavy atom. The largest absolute Gasteiger partial charge is 0.451 e. The van der Waals surface area contributed by atoms with Crippen molar-refractivity contribution in [3.63, 3.8) is 0 Å². The highest BCUT2D eigenvalue weighted by atomic mass is 16.5. The summed E-state index contributed by atoms with van der Waals surface area (Å²) in [7, 11) is 0. The predicted octanol–water partition coefficient (Wildman–Crippen LogP) is 0.936. The summed E-state index contributed by atoms with van der Waals surface area (Å²) in [5.74, 6) is -0.404. The van der Waals surface area contributed by atoms with Crippen LogP contribution in [0.2, 0.25) is 0 Å². The molecule has 0 bridgehead atoms. The Labute approximate surface area is 131 Å². The Hall–Kier alpha value is -1.92. The summed E-state index contributed by atoms with van der Waals surface area (Å²) in [6.45, 7) is 9.10. The van der Waals surface area contributed by atoms with Crippen LogP contribution in [-0.4, -0.2) is 48.1 Å². The van der Waals surface area contributed by atoms with Crippen molar-refractivity contribution in [3.8, 4) is 0 Å². The van der Waals surface area contributed by atoms with E-state index < -0.39 is 5.97 Å². The van der Waals surface area contributed by atoms with Gasteiger partial charge in [0.05, 0.1) is 0 Å². The molecule has 1 aliphatic heterocycles. The third kappa shape index (κ3) is 6.24. The lowest BCUT2D eigenvalue weighted by Gasteiger charge is -2.26. The van der Waals surface area contributed by atoms with Crippen LogP contribution in [0.3, 0.4) is 0 Å². The van der Waals surface area contributed by atoms with Gasteiger partial charge in [-0.15, -0.1) is 0 Å². The van der Waals surface area contributed by atoms with E-state index in [0.717, 1.165) is 0 Å². The lowest BCUT2D eigenvalue weighted by molar-refractivity contribution is -0.147. The monoisotopic (exact) mass is 311 g/mol. The minimum Gasteiger partial charge on any atom is -0.451 e. The molecule has 7 nitrogen and oxygen atoms in total. The number of hydrazone groups is 1. The Morgan fingerprint density at radius 2 is 1.77 bits per heavy atom. The van der Waals surface area contributed by atoms with Crippen LogP contribution < -0.4 is 5.43 Å². The van der Waals surface area contributed by atoms with Crippen molar-refractivity contribution < 1.29 is 19.1 Å². The molecule has 1 heterocycles. The van der Waals surface area contributed by atoms with Crippen LogP contribution in [0.1, 0.15) is 40.5 Å². The average molecular weight is 311 g/mol. The molecular weight excluding hydrogens is 286 g/mol. The molecule has 7 heteroatoms. The first-order valence-corrected chi connectivity index (χ1v) is 7.60. The topological polar surface area (TPSA) is 88.1 Å². The second-order valence-corrected chi connectivity index (χ2v) is 6.26. The van der Waals surface area contributed by atoms with Crippen molar-refractivity contribution in [2.45, 2.75) is 40.5 Å². The third-order valence-corrected chi connectivity index (χ3v) is 2.99. The summed E-state index contributed by atoms with van der Waals surface area (Å²) >= 11 is 0. The molecule has 1 N–H and O–H groups in total. The molecule has 0 fully saturated rings. The number of amides is 2. The lowest BCUT2D eigenvalue weighted by Crippen LogP contribution is -2.40. The van der Waals surface area contributed by atoms with Crippen LogP contribution in [0.25, 0.3) is 0 Å². The first-order valence-electron chi connectivity index (χ1n) is 7.60. The number of ether oxygens (including phenoxy) is 1. The molecule has 0 saturated carbocycles. The van der Waals surface area contributed by atoms with E-state index in [0.29, 0.717) is 24.9 Å². The van der Waals surface area contributed by atoms with Crippen molar-refractivity contribution in [2.24, 2.45) is 16.9 Å². The smallest absolute Gasteiger partial charge is 0.355 e. The predicted molar refractivity (Wildman–Crippen MR) is 82.0 cm³/mol. The zero-order valence-corrected chi connectivity index (χ0v) is 13.7. The summed E-state index contributed by atoms with van der Waals surface area (Å²) in [4.78, 5) is 36.7. The fourth-order valence-corrected chi connectivity index (χ4v) is 2.08. The van der Waals surface area contributed by atoms with Crippen LogP contribution in [0.4, 0.5) is 0 Å². The standard InChI is InChI=1S/C15H25N3O4/c1-10(2)7-18(8-11(3)4)14(20)9-22-15(21)12-5-6-13(19)17-16-12/h10-11H,5-9H2,1-4H3,(H,17,19). The molecule has 0 saturated heterocycles. The summed E-state index contributed by atoms with van der Waals surface area (Å²) in [6.07, 6.45) is 0.440. The van der Waals surface area contributed by atoms with Crippen LogP contribution >= 0.6 is 0 Å². The van der Waals surface area contributed by atoms with E-state index in [2.05, 4.69) is 10.5 Å². The molecule has 2 amide bonds. The SMILES string of the molecule is CC(C)CN(CC(C)C)C(=O)COC(=O)C1=NNC(=O)CC1. The quantitative estimate of drug-likeness (QED) is 0.709. The maximum absolute atomic E-state index is 12.2. The maximum atomic E-state index is 12.2. The number of hydrogen-bond donors (Lipinski definition) is 1. The van der Waals surface area contributed by atoms with Crippen molar-refractivity contribution in [1.29, 1.82) is 0 Å².